The van der Waals surface area contributed by atoms with E-state index in [1.807, 2.05) is 20.8 Å². The predicted molar refractivity (Wildman–Crippen MR) is 75.3 cm³/mol. The molecule has 0 unspecified atom stereocenters. The molecule has 6 nitrogen and oxygen atoms in total. The Hall–Kier alpha value is -1.89. The van der Waals surface area contributed by atoms with Gasteiger partial charge in [0, 0.05) is 11.3 Å². The summed E-state index contributed by atoms with van der Waals surface area (Å²) in [7, 11) is 0. The summed E-state index contributed by atoms with van der Waals surface area (Å²) < 4.78 is 11.4. The summed E-state index contributed by atoms with van der Waals surface area (Å²) in [6.07, 6.45) is 0. The van der Waals surface area contributed by atoms with E-state index in [1.54, 1.807) is 12.1 Å². The molecule has 3 heterocycles. The number of hydrogen-bond donors (Lipinski definition) is 1. The molecule has 0 bridgehead atoms. The lowest BCUT2D eigenvalue weighted by molar-refractivity contribution is 0.369. The minimum absolute atomic E-state index is 0.0200. The second-order valence-corrected chi connectivity index (χ2v) is 5.41. The molecular formula is C13H13BrN4O2. The highest BCUT2D eigenvalue weighted by Crippen LogP contribution is 2.29. The van der Waals surface area contributed by atoms with E-state index >= 15 is 0 Å². The number of H-pyrrole nitrogens is 1. The molecule has 0 fully saturated rings. The van der Waals surface area contributed by atoms with E-state index in [0.29, 0.717) is 22.1 Å². The molecular weight excluding hydrogens is 324 g/mol. The first-order valence-corrected chi connectivity index (χ1v) is 6.96. The van der Waals surface area contributed by atoms with Crippen LogP contribution in [0.3, 0.4) is 0 Å². The first-order valence-electron chi connectivity index (χ1n) is 6.17. The molecule has 0 aromatic carbocycles. The Labute approximate surface area is 123 Å². The molecule has 0 saturated carbocycles. The lowest BCUT2D eigenvalue weighted by Crippen LogP contribution is -1.99. The first kappa shape index (κ1) is 13.1. The van der Waals surface area contributed by atoms with E-state index in [2.05, 4.69) is 36.3 Å². The van der Waals surface area contributed by atoms with Gasteiger partial charge in [-0.05, 0) is 48.8 Å². The minimum atomic E-state index is -0.0200. The van der Waals surface area contributed by atoms with Crippen molar-refractivity contribution in [2.75, 3.05) is 0 Å². The molecule has 3 aromatic heterocycles. The SMILES string of the molecule is Cc1n[nH]c(C)c1[C@@H](C)c1nc(-c2ccc(Br)o2)no1. The Kier molecular flexibility index (Phi) is 3.21. The zero-order valence-corrected chi connectivity index (χ0v) is 12.9. The van der Waals surface area contributed by atoms with Crippen LogP contribution in [0.5, 0.6) is 0 Å². The molecule has 3 aromatic rings. The zero-order chi connectivity index (χ0) is 14.3. The Morgan fingerprint density at radius 3 is 2.70 bits per heavy atom. The van der Waals surface area contributed by atoms with Crippen LogP contribution < -0.4 is 0 Å². The molecule has 0 aliphatic carbocycles. The van der Waals surface area contributed by atoms with Crippen molar-refractivity contribution in [2.24, 2.45) is 0 Å². The van der Waals surface area contributed by atoms with Gasteiger partial charge in [0.15, 0.2) is 10.4 Å². The highest BCUT2D eigenvalue weighted by molar-refractivity contribution is 9.10. The fraction of sp³-hybridized carbons (Fsp3) is 0.308. The van der Waals surface area contributed by atoms with Gasteiger partial charge in [0.1, 0.15) is 0 Å². The maximum absolute atomic E-state index is 5.41. The van der Waals surface area contributed by atoms with Crippen molar-refractivity contribution in [2.45, 2.75) is 26.7 Å². The van der Waals surface area contributed by atoms with Crippen molar-refractivity contribution in [3.63, 3.8) is 0 Å². The van der Waals surface area contributed by atoms with Gasteiger partial charge in [-0.25, -0.2) is 0 Å². The Morgan fingerprint density at radius 2 is 2.10 bits per heavy atom. The Balaban J connectivity index is 1.94. The van der Waals surface area contributed by atoms with Gasteiger partial charge < -0.3 is 8.94 Å². The summed E-state index contributed by atoms with van der Waals surface area (Å²) >= 11 is 3.25. The van der Waals surface area contributed by atoms with Gasteiger partial charge in [0.25, 0.3) is 0 Å². The molecule has 0 aliphatic rings. The topological polar surface area (TPSA) is 80.7 Å². The van der Waals surface area contributed by atoms with Gasteiger partial charge >= 0.3 is 0 Å². The number of halogens is 1. The van der Waals surface area contributed by atoms with Crippen molar-refractivity contribution in [3.8, 4) is 11.6 Å². The van der Waals surface area contributed by atoms with Crippen LogP contribution in [0.1, 0.15) is 35.7 Å². The summed E-state index contributed by atoms with van der Waals surface area (Å²) in [6, 6.07) is 3.58. The van der Waals surface area contributed by atoms with Crippen LogP contribution in [0, 0.1) is 13.8 Å². The second kappa shape index (κ2) is 4.90. The monoisotopic (exact) mass is 336 g/mol. The predicted octanol–water partition coefficient (Wildman–Crippen LogP) is 3.58. The van der Waals surface area contributed by atoms with Crippen molar-refractivity contribution in [1.29, 1.82) is 0 Å². The Bertz CT molecular complexity index is 724. The average Bonchev–Trinajstić information content (AvgIpc) is 3.10. The molecule has 0 radical (unpaired) electrons. The van der Waals surface area contributed by atoms with Gasteiger partial charge in [-0.3, -0.25) is 5.10 Å². The largest absolute Gasteiger partial charge is 0.446 e. The van der Waals surface area contributed by atoms with Gasteiger partial charge in [0.05, 0.1) is 11.6 Å². The smallest absolute Gasteiger partial charge is 0.238 e. The molecule has 0 aliphatic heterocycles. The van der Waals surface area contributed by atoms with Crippen LogP contribution in [-0.2, 0) is 0 Å². The number of hydrogen-bond acceptors (Lipinski definition) is 5. The fourth-order valence-electron chi connectivity index (χ4n) is 2.27. The zero-order valence-electron chi connectivity index (χ0n) is 11.3. The summed E-state index contributed by atoms with van der Waals surface area (Å²) in [5.74, 6) is 1.53. The maximum Gasteiger partial charge on any atom is 0.238 e. The van der Waals surface area contributed by atoms with Crippen LogP contribution in [0.4, 0.5) is 0 Å². The van der Waals surface area contributed by atoms with E-state index in [1.165, 1.54) is 0 Å². The lowest BCUT2D eigenvalue weighted by Gasteiger charge is -2.06. The van der Waals surface area contributed by atoms with Crippen molar-refractivity contribution in [1.82, 2.24) is 20.3 Å². The highest BCUT2D eigenvalue weighted by Gasteiger charge is 2.22. The van der Waals surface area contributed by atoms with Gasteiger partial charge in [-0.2, -0.15) is 10.1 Å². The molecule has 3 rings (SSSR count). The summed E-state index contributed by atoms with van der Waals surface area (Å²) in [5, 5.41) is 11.1. The fourth-order valence-corrected chi connectivity index (χ4v) is 2.57. The van der Waals surface area contributed by atoms with E-state index in [9.17, 15) is 0 Å². The van der Waals surface area contributed by atoms with Gasteiger partial charge in [0.2, 0.25) is 11.7 Å². The first-order chi connectivity index (χ1) is 9.56. The summed E-state index contributed by atoms with van der Waals surface area (Å²) in [4.78, 5) is 4.40. The number of aromatic amines is 1. The number of rotatable bonds is 3. The molecule has 1 N–H and O–H groups in total. The number of aromatic nitrogens is 4. The lowest BCUT2D eigenvalue weighted by atomic mass is 9.99. The standard InChI is InChI=1S/C13H13BrN4O2/c1-6(11-7(2)16-17-8(11)3)13-15-12(18-20-13)9-4-5-10(14)19-9/h4-6H,1-3H3,(H,16,17)/t6-/m1/s1. The van der Waals surface area contributed by atoms with E-state index in [0.717, 1.165) is 17.0 Å². The van der Waals surface area contributed by atoms with Crippen LogP contribution in [0.2, 0.25) is 0 Å². The molecule has 0 saturated heterocycles. The molecule has 1 atom stereocenters. The van der Waals surface area contributed by atoms with Crippen LogP contribution >= 0.6 is 15.9 Å². The van der Waals surface area contributed by atoms with Gasteiger partial charge in [-0.1, -0.05) is 5.16 Å². The van der Waals surface area contributed by atoms with Crippen LogP contribution in [-0.4, -0.2) is 20.3 Å². The third-order valence-electron chi connectivity index (χ3n) is 3.22. The third kappa shape index (κ3) is 2.18. The number of furan rings is 1. The summed E-state index contributed by atoms with van der Waals surface area (Å²) in [5.41, 5.74) is 3.03. The number of nitrogens with zero attached hydrogens (tertiary/aromatic N) is 3. The van der Waals surface area contributed by atoms with Crippen LogP contribution in [0.15, 0.2) is 25.7 Å². The average molecular weight is 337 g/mol. The van der Waals surface area contributed by atoms with Crippen molar-refractivity contribution in [3.05, 3.63) is 39.6 Å². The molecule has 7 heteroatoms. The number of aryl methyl sites for hydroxylation is 2. The highest BCUT2D eigenvalue weighted by atomic mass is 79.9. The number of nitrogens with one attached hydrogen (secondary N) is 1. The molecule has 0 amide bonds. The van der Waals surface area contributed by atoms with Crippen LogP contribution in [0.25, 0.3) is 11.6 Å². The van der Waals surface area contributed by atoms with E-state index < -0.39 is 0 Å². The normalized spacial score (nSPS) is 12.8. The van der Waals surface area contributed by atoms with Crippen molar-refractivity contribution < 1.29 is 8.94 Å². The summed E-state index contributed by atoms with van der Waals surface area (Å²) in [6.45, 7) is 5.95. The van der Waals surface area contributed by atoms with Crippen molar-refractivity contribution >= 4 is 15.9 Å². The molecule has 0 spiro atoms. The minimum Gasteiger partial charge on any atom is -0.446 e. The molecule has 104 valence electrons. The van der Waals surface area contributed by atoms with Gasteiger partial charge in [-0.15, -0.1) is 0 Å². The second-order valence-electron chi connectivity index (χ2n) is 4.63. The maximum atomic E-state index is 5.41. The molecule has 20 heavy (non-hydrogen) atoms. The quantitative estimate of drug-likeness (QED) is 0.790. The Morgan fingerprint density at radius 1 is 1.30 bits per heavy atom. The van der Waals surface area contributed by atoms with E-state index in [-0.39, 0.29) is 5.92 Å². The third-order valence-corrected chi connectivity index (χ3v) is 3.65. The van der Waals surface area contributed by atoms with E-state index in [4.69, 9.17) is 8.94 Å².